The van der Waals surface area contributed by atoms with Crippen molar-refractivity contribution in [3.63, 3.8) is 0 Å². The van der Waals surface area contributed by atoms with E-state index in [0.29, 0.717) is 22.5 Å². The zero-order valence-corrected chi connectivity index (χ0v) is 17.2. The van der Waals surface area contributed by atoms with E-state index in [-0.39, 0.29) is 11.5 Å². The highest BCUT2D eigenvalue weighted by Crippen LogP contribution is 2.43. The topological polar surface area (TPSA) is 65.2 Å². The second kappa shape index (κ2) is 8.36. The molecule has 0 saturated carbocycles. The highest BCUT2D eigenvalue weighted by molar-refractivity contribution is 6.19. The van der Waals surface area contributed by atoms with Crippen molar-refractivity contribution >= 4 is 45.3 Å². The van der Waals surface area contributed by atoms with Crippen molar-refractivity contribution in [2.24, 2.45) is 9.98 Å². The van der Waals surface area contributed by atoms with E-state index in [1.807, 2.05) is 60.7 Å². The Kier molecular flexibility index (Phi) is 5.10. The largest absolute Gasteiger partial charge is 0.507 e. The molecule has 0 aliphatic heterocycles. The van der Waals surface area contributed by atoms with Crippen molar-refractivity contribution in [2.75, 3.05) is 0 Å². The van der Waals surface area contributed by atoms with E-state index in [2.05, 4.69) is 12.1 Å². The summed E-state index contributed by atoms with van der Waals surface area (Å²) in [6.07, 6.45) is 3.32. The zero-order chi connectivity index (χ0) is 21.9. The quantitative estimate of drug-likeness (QED) is 0.247. The fraction of sp³-hybridized carbons (Fsp3) is 0. The summed E-state index contributed by atoms with van der Waals surface area (Å²) in [5.74, 6) is 0.334. The van der Waals surface area contributed by atoms with Gasteiger partial charge in [0.2, 0.25) is 0 Å². The molecule has 0 heterocycles. The predicted octanol–water partition coefficient (Wildman–Crippen LogP) is 6.91. The van der Waals surface area contributed by atoms with Crippen LogP contribution >= 0.6 is 0 Å². The average Bonchev–Trinajstić information content (AvgIpc) is 2.83. The molecule has 5 aromatic carbocycles. The maximum Gasteiger partial charge on any atom is 0.124 e. The summed E-state index contributed by atoms with van der Waals surface area (Å²) in [6.45, 7) is 0. The first-order valence-electron chi connectivity index (χ1n) is 10.3. The standard InChI is InChI=1S/C28H20N2O2/c31-25-15-7-1-9-19(25)17-29-27-23-13-5-3-11-21(23)22-12-4-6-14-24(22)28(27)30-18-20-10-2-8-16-26(20)32/h1-18,31-32H. The van der Waals surface area contributed by atoms with Crippen LogP contribution in [0.25, 0.3) is 21.5 Å². The summed E-state index contributed by atoms with van der Waals surface area (Å²) in [5, 5.41) is 24.4. The fourth-order valence-electron chi connectivity index (χ4n) is 3.83. The van der Waals surface area contributed by atoms with Crippen LogP contribution in [0.2, 0.25) is 0 Å². The maximum atomic E-state index is 10.2. The lowest BCUT2D eigenvalue weighted by Gasteiger charge is -2.12. The Morgan fingerprint density at radius 2 is 0.781 bits per heavy atom. The second-order valence-electron chi connectivity index (χ2n) is 7.42. The maximum absolute atomic E-state index is 10.2. The molecule has 32 heavy (non-hydrogen) atoms. The van der Waals surface area contributed by atoms with Crippen LogP contribution in [0.3, 0.4) is 0 Å². The van der Waals surface area contributed by atoms with Gasteiger partial charge in [-0.3, -0.25) is 9.98 Å². The molecule has 4 heteroatoms. The first-order chi connectivity index (χ1) is 15.7. The van der Waals surface area contributed by atoms with Crippen LogP contribution in [0.1, 0.15) is 11.1 Å². The Bertz CT molecular complexity index is 1390. The number of hydrogen-bond donors (Lipinski definition) is 2. The van der Waals surface area contributed by atoms with E-state index < -0.39 is 0 Å². The molecule has 0 saturated heterocycles. The van der Waals surface area contributed by atoms with Crippen molar-refractivity contribution in [3.05, 3.63) is 108 Å². The zero-order valence-electron chi connectivity index (χ0n) is 17.2. The molecular weight excluding hydrogens is 396 g/mol. The molecule has 0 unspecified atom stereocenters. The van der Waals surface area contributed by atoms with Crippen molar-refractivity contribution < 1.29 is 10.2 Å². The molecule has 154 valence electrons. The normalized spacial score (nSPS) is 11.8. The summed E-state index contributed by atoms with van der Waals surface area (Å²) in [6, 6.07) is 30.4. The predicted molar refractivity (Wildman–Crippen MR) is 132 cm³/mol. The van der Waals surface area contributed by atoms with Gasteiger partial charge in [0.1, 0.15) is 11.5 Å². The SMILES string of the molecule is Oc1ccccc1C=Nc1c(N=Cc2ccccc2O)c2ccccc2c2ccccc12. The highest BCUT2D eigenvalue weighted by atomic mass is 16.3. The molecular formula is C28H20N2O2. The molecule has 0 spiro atoms. The van der Waals surface area contributed by atoms with Gasteiger partial charge in [-0.15, -0.1) is 0 Å². The van der Waals surface area contributed by atoms with Crippen molar-refractivity contribution in [1.29, 1.82) is 0 Å². The molecule has 0 bridgehead atoms. The highest BCUT2D eigenvalue weighted by Gasteiger charge is 2.13. The smallest absolute Gasteiger partial charge is 0.124 e. The number of aromatic hydroxyl groups is 2. The van der Waals surface area contributed by atoms with Gasteiger partial charge in [0.25, 0.3) is 0 Å². The Morgan fingerprint density at radius 1 is 0.438 bits per heavy atom. The van der Waals surface area contributed by atoms with E-state index in [4.69, 9.17) is 9.98 Å². The second-order valence-corrected chi connectivity index (χ2v) is 7.42. The van der Waals surface area contributed by atoms with Crippen LogP contribution in [0.4, 0.5) is 11.4 Å². The molecule has 5 rings (SSSR count). The lowest BCUT2D eigenvalue weighted by Crippen LogP contribution is -1.86. The number of aliphatic imine (C=N–C) groups is 2. The Labute approximate surface area is 185 Å². The van der Waals surface area contributed by atoms with Crippen LogP contribution in [0.15, 0.2) is 107 Å². The minimum atomic E-state index is 0.167. The Morgan fingerprint density at radius 3 is 1.19 bits per heavy atom. The van der Waals surface area contributed by atoms with Crippen LogP contribution in [0, 0.1) is 0 Å². The minimum absolute atomic E-state index is 0.167. The number of para-hydroxylation sites is 2. The molecule has 0 fully saturated rings. The number of nitrogens with zero attached hydrogens (tertiary/aromatic N) is 2. The molecule has 2 N–H and O–H groups in total. The third kappa shape index (κ3) is 3.59. The monoisotopic (exact) mass is 416 g/mol. The third-order valence-corrected chi connectivity index (χ3v) is 5.42. The average molecular weight is 416 g/mol. The molecule has 0 atom stereocenters. The molecule has 0 aromatic heterocycles. The summed E-state index contributed by atoms with van der Waals surface area (Å²) in [7, 11) is 0. The number of benzene rings is 5. The van der Waals surface area contributed by atoms with Gasteiger partial charge >= 0.3 is 0 Å². The number of fused-ring (bicyclic) bond motifs is 3. The van der Waals surface area contributed by atoms with Crippen LogP contribution in [0.5, 0.6) is 11.5 Å². The molecule has 0 radical (unpaired) electrons. The summed E-state index contributed by atoms with van der Waals surface area (Å²) < 4.78 is 0. The van der Waals surface area contributed by atoms with Gasteiger partial charge in [0.15, 0.2) is 0 Å². The first kappa shape index (κ1) is 19.5. The van der Waals surface area contributed by atoms with Gasteiger partial charge in [-0.1, -0.05) is 72.8 Å². The van der Waals surface area contributed by atoms with Gasteiger partial charge in [0.05, 0.1) is 11.4 Å². The number of rotatable bonds is 4. The van der Waals surface area contributed by atoms with E-state index in [0.717, 1.165) is 21.5 Å². The van der Waals surface area contributed by atoms with E-state index in [1.54, 1.807) is 36.7 Å². The fourth-order valence-corrected chi connectivity index (χ4v) is 3.83. The Balaban J connectivity index is 1.79. The first-order valence-corrected chi connectivity index (χ1v) is 10.3. The number of phenolic OH excluding ortho intramolecular Hbond substituents is 2. The van der Waals surface area contributed by atoms with E-state index >= 15 is 0 Å². The third-order valence-electron chi connectivity index (χ3n) is 5.42. The minimum Gasteiger partial charge on any atom is -0.507 e. The summed E-state index contributed by atoms with van der Waals surface area (Å²) >= 11 is 0. The van der Waals surface area contributed by atoms with Crippen LogP contribution in [-0.2, 0) is 0 Å². The van der Waals surface area contributed by atoms with Gasteiger partial charge in [-0.2, -0.15) is 0 Å². The van der Waals surface area contributed by atoms with E-state index in [1.165, 1.54) is 0 Å². The molecule has 5 aromatic rings. The Hall–Kier alpha value is -4.44. The number of hydrogen-bond acceptors (Lipinski definition) is 4. The van der Waals surface area contributed by atoms with Gasteiger partial charge < -0.3 is 10.2 Å². The lowest BCUT2D eigenvalue weighted by molar-refractivity contribution is 0.474. The van der Waals surface area contributed by atoms with Gasteiger partial charge in [-0.05, 0) is 35.0 Å². The van der Waals surface area contributed by atoms with Crippen molar-refractivity contribution in [2.45, 2.75) is 0 Å². The van der Waals surface area contributed by atoms with Crippen molar-refractivity contribution in [3.8, 4) is 11.5 Å². The van der Waals surface area contributed by atoms with Crippen LogP contribution in [-0.4, -0.2) is 22.6 Å². The van der Waals surface area contributed by atoms with Crippen molar-refractivity contribution in [1.82, 2.24) is 0 Å². The lowest BCUT2D eigenvalue weighted by atomic mass is 9.98. The number of phenols is 2. The summed E-state index contributed by atoms with van der Waals surface area (Å²) in [4.78, 5) is 9.58. The van der Waals surface area contributed by atoms with Gasteiger partial charge in [0, 0.05) is 34.3 Å². The molecule has 0 amide bonds. The molecule has 4 nitrogen and oxygen atoms in total. The van der Waals surface area contributed by atoms with Gasteiger partial charge in [-0.25, -0.2) is 0 Å². The molecule has 0 aliphatic rings. The summed E-state index contributed by atoms with van der Waals surface area (Å²) in [5.41, 5.74) is 2.66. The van der Waals surface area contributed by atoms with E-state index in [9.17, 15) is 10.2 Å². The molecule has 0 aliphatic carbocycles. The van der Waals surface area contributed by atoms with Crippen LogP contribution < -0.4 is 0 Å².